The van der Waals surface area contributed by atoms with Gasteiger partial charge in [-0.1, -0.05) is 6.92 Å². The van der Waals surface area contributed by atoms with Crippen LogP contribution in [0.15, 0.2) is 0 Å². The molecule has 1 fully saturated rings. The first kappa shape index (κ1) is 10.5. The highest BCUT2D eigenvalue weighted by molar-refractivity contribution is 5.82. The number of nitrogens with zero attached hydrogens (tertiary/aromatic N) is 1. The first-order chi connectivity index (χ1) is 6.20. The highest BCUT2D eigenvalue weighted by Crippen LogP contribution is 2.17. The number of hydrogen-bond acceptors (Lipinski definition) is 2. The van der Waals surface area contributed by atoms with Crippen LogP contribution in [0.1, 0.15) is 33.1 Å². The molecule has 76 valence electrons. The standard InChI is InChI=1S/C10H20N2O/c1-4-9(11-3)10(13)12-7-5-6-8(12)2/h8-9,11H,4-7H2,1-3H3. The van der Waals surface area contributed by atoms with Gasteiger partial charge in [-0.3, -0.25) is 4.79 Å². The molecular weight excluding hydrogens is 164 g/mol. The van der Waals surface area contributed by atoms with Crippen LogP contribution in [0, 0.1) is 0 Å². The van der Waals surface area contributed by atoms with E-state index in [0.29, 0.717) is 6.04 Å². The molecule has 1 rings (SSSR count). The van der Waals surface area contributed by atoms with Crippen LogP contribution in [-0.4, -0.2) is 36.5 Å². The van der Waals surface area contributed by atoms with Crippen LogP contribution < -0.4 is 5.32 Å². The minimum atomic E-state index is 0.0144. The van der Waals surface area contributed by atoms with Gasteiger partial charge in [0.2, 0.25) is 5.91 Å². The zero-order valence-corrected chi connectivity index (χ0v) is 8.84. The quantitative estimate of drug-likeness (QED) is 0.709. The predicted octanol–water partition coefficient (Wildman–Crippen LogP) is 0.995. The van der Waals surface area contributed by atoms with Crippen molar-refractivity contribution >= 4 is 5.91 Å². The second-order valence-corrected chi connectivity index (χ2v) is 3.77. The monoisotopic (exact) mass is 184 g/mol. The Morgan fingerprint density at radius 2 is 2.38 bits per heavy atom. The number of rotatable bonds is 3. The number of carbonyl (C=O) groups is 1. The van der Waals surface area contributed by atoms with E-state index in [2.05, 4.69) is 12.2 Å². The van der Waals surface area contributed by atoms with Gasteiger partial charge in [0.15, 0.2) is 0 Å². The molecule has 0 aromatic carbocycles. The summed E-state index contributed by atoms with van der Waals surface area (Å²) in [5, 5.41) is 3.06. The van der Waals surface area contributed by atoms with Gasteiger partial charge in [0.1, 0.15) is 0 Å². The minimum Gasteiger partial charge on any atom is -0.339 e. The van der Waals surface area contributed by atoms with Crippen LogP contribution in [-0.2, 0) is 4.79 Å². The molecule has 3 nitrogen and oxygen atoms in total. The number of hydrogen-bond donors (Lipinski definition) is 1. The number of nitrogens with one attached hydrogen (secondary N) is 1. The normalized spacial score (nSPS) is 24.8. The summed E-state index contributed by atoms with van der Waals surface area (Å²) in [5.41, 5.74) is 0. The molecule has 2 unspecified atom stereocenters. The van der Waals surface area contributed by atoms with Crippen molar-refractivity contribution in [3.8, 4) is 0 Å². The molecule has 0 aromatic heterocycles. The number of likely N-dealkylation sites (N-methyl/N-ethyl adjacent to an activating group) is 1. The number of amides is 1. The van der Waals surface area contributed by atoms with Gasteiger partial charge in [-0.25, -0.2) is 0 Å². The smallest absolute Gasteiger partial charge is 0.239 e. The third-order valence-electron chi connectivity index (χ3n) is 2.89. The van der Waals surface area contributed by atoms with Gasteiger partial charge in [0, 0.05) is 12.6 Å². The summed E-state index contributed by atoms with van der Waals surface area (Å²) in [6, 6.07) is 0.454. The molecule has 1 aliphatic rings. The van der Waals surface area contributed by atoms with Gasteiger partial charge in [-0.05, 0) is 33.2 Å². The third kappa shape index (κ3) is 2.21. The van der Waals surface area contributed by atoms with E-state index in [0.717, 1.165) is 25.8 Å². The van der Waals surface area contributed by atoms with E-state index in [1.54, 1.807) is 0 Å². The van der Waals surface area contributed by atoms with Crippen LogP contribution in [0.25, 0.3) is 0 Å². The highest BCUT2D eigenvalue weighted by Gasteiger charge is 2.28. The first-order valence-electron chi connectivity index (χ1n) is 5.18. The van der Waals surface area contributed by atoms with Gasteiger partial charge in [-0.15, -0.1) is 0 Å². The zero-order valence-electron chi connectivity index (χ0n) is 8.84. The Morgan fingerprint density at radius 1 is 1.69 bits per heavy atom. The average molecular weight is 184 g/mol. The Balaban J connectivity index is 2.54. The van der Waals surface area contributed by atoms with Crippen molar-refractivity contribution in [3.63, 3.8) is 0 Å². The van der Waals surface area contributed by atoms with E-state index in [1.165, 1.54) is 0 Å². The molecule has 1 amide bonds. The summed E-state index contributed by atoms with van der Waals surface area (Å²) in [6.45, 7) is 5.12. The van der Waals surface area contributed by atoms with Crippen LogP contribution >= 0.6 is 0 Å². The molecule has 0 radical (unpaired) electrons. The Kier molecular flexibility index (Phi) is 3.72. The lowest BCUT2D eigenvalue weighted by molar-refractivity contribution is -0.133. The van der Waals surface area contributed by atoms with E-state index in [1.807, 2.05) is 18.9 Å². The Labute approximate surface area is 80.5 Å². The molecule has 0 saturated carbocycles. The van der Waals surface area contributed by atoms with Crippen molar-refractivity contribution < 1.29 is 4.79 Å². The molecule has 0 bridgehead atoms. The number of likely N-dealkylation sites (tertiary alicyclic amines) is 1. The van der Waals surface area contributed by atoms with E-state index in [4.69, 9.17) is 0 Å². The maximum Gasteiger partial charge on any atom is 0.239 e. The van der Waals surface area contributed by atoms with Crippen molar-refractivity contribution in [1.29, 1.82) is 0 Å². The fourth-order valence-corrected chi connectivity index (χ4v) is 1.96. The van der Waals surface area contributed by atoms with Crippen molar-refractivity contribution in [2.75, 3.05) is 13.6 Å². The molecule has 3 heteroatoms. The third-order valence-corrected chi connectivity index (χ3v) is 2.89. The molecule has 0 aliphatic carbocycles. The lowest BCUT2D eigenvalue weighted by Gasteiger charge is -2.25. The fraction of sp³-hybridized carbons (Fsp3) is 0.900. The molecule has 2 atom stereocenters. The van der Waals surface area contributed by atoms with Crippen LogP contribution in [0.4, 0.5) is 0 Å². The zero-order chi connectivity index (χ0) is 9.84. The Hall–Kier alpha value is -0.570. The first-order valence-corrected chi connectivity index (χ1v) is 5.18. The van der Waals surface area contributed by atoms with E-state index >= 15 is 0 Å². The lowest BCUT2D eigenvalue weighted by atomic mass is 10.2. The highest BCUT2D eigenvalue weighted by atomic mass is 16.2. The molecule has 0 aromatic rings. The predicted molar refractivity (Wildman–Crippen MR) is 53.5 cm³/mol. The van der Waals surface area contributed by atoms with E-state index < -0.39 is 0 Å². The summed E-state index contributed by atoms with van der Waals surface area (Å²) in [4.78, 5) is 13.9. The van der Waals surface area contributed by atoms with Gasteiger partial charge in [0.25, 0.3) is 0 Å². The molecule has 1 aliphatic heterocycles. The maximum absolute atomic E-state index is 11.9. The SMILES string of the molecule is CCC(NC)C(=O)N1CCCC1C. The van der Waals surface area contributed by atoms with Crippen LogP contribution in [0.2, 0.25) is 0 Å². The molecular formula is C10H20N2O. The summed E-state index contributed by atoms with van der Waals surface area (Å²) in [7, 11) is 1.85. The van der Waals surface area contributed by atoms with E-state index in [-0.39, 0.29) is 11.9 Å². The largest absolute Gasteiger partial charge is 0.339 e. The van der Waals surface area contributed by atoms with Crippen molar-refractivity contribution in [2.24, 2.45) is 0 Å². The van der Waals surface area contributed by atoms with Crippen molar-refractivity contribution in [2.45, 2.75) is 45.2 Å². The minimum absolute atomic E-state index is 0.0144. The molecule has 1 heterocycles. The van der Waals surface area contributed by atoms with Gasteiger partial charge in [0.05, 0.1) is 6.04 Å². The topological polar surface area (TPSA) is 32.3 Å². The number of carbonyl (C=O) groups excluding carboxylic acids is 1. The van der Waals surface area contributed by atoms with E-state index in [9.17, 15) is 4.79 Å². The average Bonchev–Trinajstić information content (AvgIpc) is 2.53. The second-order valence-electron chi connectivity index (χ2n) is 3.77. The van der Waals surface area contributed by atoms with Gasteiger partial charge < -0.3 is 10.2 Å². The summed E-state index contributed by atoms with van der Waals surface area (Å²) >= 11 is 0. The molecule has 1 saturated heterocycles. The van der Waals surface area contributed by atoms with Crippen LogP contribution in [0.5, 0.6) is 0 Å². The summed E-state index contributed by atoms with van der Waals surface area (Å²) in [5.74, 6) is 0.273. The molecule has 1 N–H and O–H groups in total. The molecule has 13 heavy (non-hydrogen) atoms. The Morgan fingerprint density at radius 3 is 2.77 bits per heavy atom. The lowest BCUT2D eigenvalue weighted by Crippen LogP contribution is -2.46. The van der Waals surface area contributed by atoms with Crippen molar-refractivity contribution in [3.05, 3.63) is 0 Å². The summed E-state index contributed by atoms with van der Waals surface area (Å²) < 4.78 is 0. The molecule has 0 spiro atoms. The fourth-order valence-electron chi connectivity index (χ4n) is 1.96. The van der Waals surface area contributed by atoms with Crippen molar-refractivity contribution in [1.82, 2.24) is 10.2 Å². The van der Waals surface area contributed by atoms with Crippen LogP contribution in [0.3, 0.4) is 0 Å². The maximum atomic E-state index is 11.9. The van der Waals surface area contributed by atoms with Gasteiger partial charge >= 0.3 is 0 Å². The second kappa shape index (κ2) is 4.61. The van der Waals surface area contributed by atoms with Gasteiger partial charge in [-0.2, -0.15) is 0 Å². The Bertz CT molecular complexity index is 178. The summed E-state index contributed by atoms with van der Waals surface area (Å²) in [6.07, 6.45) is 3.19.